The number of carbonyl (C=O) groups is 1. The number of fused-ring (bicyclic) bond motifs is 1. The summed E-state index contributed by atoms with van der Waals surface area (Å²) in [7, 11) is 0. The second kappa shape index (κ2) is 7.25. The first-order valence-corrected chi connectivity index (χ1v) is 9.28. The van der Waals surface area contributed by atoms with Crippen molar-refractivity contribution < 1.29 is 9.18 Å². The lowest BCUT2D eigenvalue weighted by Gasteiger charge is -2.15. The van der Waals surface area contributed by atoms with Crippen molar-refractivity contribution in [2.75, 3.05) is 5.32 Å². The number of rotatable bonds is 5. The van der Waals surface area contributed by atoms with Crippen LogP contribution in [0.3, 0.4) is 0 Å². The lowest BCUT2D eigenvalue weighted by molar-refractivity contribution is 0.112. The van der Waals surface area contributed by atoms with Crippen molar-refractivity contribution >= 4 is 33.7 Å². The molecule has 0 bridgehead atoms. The van der Waals surface area contributed by atoms with Gasteiger partial charge in [0.25, 0.3) is 0 Å². The first-order chi connectivity index (χ1) is 13.2. The molecule has 2 heterocycles. The fourth-order valence-electron chi connectivity index (χ4n) is 2.94. The number of carbonyl (C=O) groups excluding carboxylic acids is 1. The van der Waals surface area contributed by atoms with Crippen molar-refractivity contribution in [1.29, 1.82) is 0 Å². The lowest BCUT2D eigenvalue weighted by Crippen LogP contribution is -2.08. The van der Waals surface area contributed by atoms with Crippen molar-refractivity contribution in [3.05, 3.63) is 77.9 Å². The number of aldehydes is 1. The molecule has 0 aliphatic heterocycles. The lowest BCUT2D eigenvalue weighted by atomic mass is 10.1. The molecule has 0 unspecified atom stereocenters. The molecule has 0 saturated carbocycles. The Morgan fingerprint density at radius 2 is 1.93 bits per heavy atom. The van der Waals surface area contributed by atoms with Crippen LogP contribution in [0.5, 0.6) is 0 Å². The van der Waals surface area contributed by atoms with E-state index >= 15 is 0 Å². The second-order valence-electron chi connectivity index (χ2n) is 6.19. The first-order valence-electron chi connectivity index (χ1n) is 8.47. The van der Waals surface area contributed by atoms with Gasteiger partial charge in [0.1, 0.15) is 29.1 Å². The quantitative estimate of drug-likeness (QED) is 0.468. The Hall–Kier alpha value is -3.12. The smallest absolute Gasteiger partial charge is 0.150 e. The van der Waals surface area contributed by atoms with Crippen molar-refractivity contribution in [3.63, 3.8) is 0 Å². The number of thiophene rings is 1. The highest BCUT2D eigenvalue weighted by molar-refractivity contribution is 7.21. The number of hydrogen-bond acceptors (Lipinski definition) is 5. The van der Waals surface area contributed by atoms with Gasteiger partial charge < -0.3 is 5.32 Å². The summed E-state index contributed by atoms with van der Waals surface area (Å²) in [5.74, 6) is 0.287. The van der Waals surface area contributed by atoms with Crippen LogP contribution < -0.4 is 5.32 Å². The van der Waals surface area contributed by atoms with Gasteiger partial charge in [-0.05, 0) is 30.7 Å². The van der Waals surface area contributed by atoms with Gasteiger partial charge in [0, 0.05) is 22.0 Å². The van der Waals surface area contributed by atoms with Gasteiger partial charge in [-0.15, -0.1) is 11.3 Å². The number of nitrogens with one attached hydrogen (secondary N) is 1. The fourth-order valence-corrected chi connectivity index (χ4v) is 3.96. The van der Waals surface area contributed by atoms with Gasteiger partial charge in [0.05, 0.1) is 5.39 Å². The molecule has 1 N–H and O–H groups in total. The molecule has 134 valence electrons. The molecule has 0 amide bonds. The van der Waals surface area contributed by atoms with Crippen LogP contribution in [0.1, 0.15) is 28.9 Å². The van der Waals surface area contributed by atoms with Crippen molar-refractivity contribution in [2.45, 2.75) is 13.0 Å². The molecule has 0 saturated heterocycles. The molecular formula is C21H16FN3OS. The van der Waals surface area contributed by atoms with E-state index in [4.69, 9.17) is 0 Å². The minimum Gasteiger partial charge on any atom is -0.363 e. The molecule has 4 aromatic rings. The summed E-state index contributed by atoms with van der Waals surface area (Å²) < 4.78 is 14.4. The summed E-state index contributed by atoms with van der Waals surface area (Å²) >= 11 is 1.40. The maximum absolute atomic E-state index is 14.4. The maximum atomic E-state index is 14.4. The van der Waals surface area contributed by atoms with Gasteiger partial charge in [0.15, 0.2) is 0 Å². The van der Waals surface area contributed by atoms with Gasteiger partial charge in [-0.1, -0.05) is 36.4 Å². The van der Waals surface area contributed by atoms with Crippen LogP contribution in [0.2, 0.25) is 0 Å². The zero-order valence-electron chi connectivity index (χ0n) is 14.5. The molecule has 4 nitrogen and oxygen atoms in total. The number of benzene rings is 2. The Kier molecular flexibility index (Phi) is 4.64. The van der Waals surface area contributed by atoms with Crippen LogP contribution in [0.4, 0.5) is 10.2 Å². The average Bonchev–Trinajstić information content (AvgIpc) is 3.13. The average molecular weight is 377 g/mol. The van der Waals surface area contributed by atoms with Gasteiger partial charge in [-0.2, -0.15) is 0 Å². The SMILES string of the molecule is C[C@@H](Nc1ncnc2sc(-c3ccc(C=O)cc3F)cc12)c1ccccc1. The molecule has 2 aromatic carbocycles. The molecule has 1 atom stereocenters. The van der Waals surface area contributed by atoms with Crippen molar-refractivity contribution in [1.82, 2.24) is 9.97 Å². The Morgan fingerprint density at radius 1 is 1.11 bits per heavy atom. The zero-order chi connectivity index (χ0) is 18.8. The van der Waals surface area contributed by atoms with Crippen molar-refractivity contribution in [2.24, 2.45) is 0 Å². The van der Waals surface area contributed by atoms with Crippen LogP contribution in [-0.2, 0) is 0 Å². The molecule has 0 fully saturated rings. The zero-order valence-corrected chi connectivity index (χ0v) is 15.3. The fraction of sp³-hybridized carbons (Fsp3) is 0.0952. The molecule has 4 rings (SSSR count). The first kappa shape index (κ1) is 17.3. The van der Waals surface area contributed by atoms with Gasteiger partial charge in [-0.3, -0.25) is 4.79 Å². The van der Waals surface area contributed by atoms with Gasteiger partial charge in [-0.25, -0.2) is 14.4 Å². The number of hydrogen-bond donors (Lipinski definition) is 1. The topological polar surface area (TPSA) is 54.9 Å². The number of anilines is 1. The molecule has 0 aliphatic rings. The summed E-state index contributed by atoms with van der Waals surface area (Å²) in [6, 6.07) is 16.5. The van der Waals surface area contributed by atoms with Gasteiger partial charge >= 0.3 is 0 Å². The van der Waals surface area contributed by atoms with E-state index in [0.717, 1.165) is 20.7 Å². The summed E-state index contributed by atoms with van der Waals surface area (Å²) in [6.45, 7) is 2.06. The van der Waals surface area contributed by atoms with Crippen LogP contribution in [-0.4, -0.2) is 16.3 Å². The molecule has 0 aliphatic carbocycles. The summed E-state index contributed by atoms with van der Waals surface area (Å²) in [5.41, 5.74) is 1.91. The second-order valence-corrected chi connectivity index (χ2v) is 7.22. The normalized spacial score (nSPS) is 12.1. The van der Waals surface area contributed by atoms with E-state index in [9.17, 15) is 9.18 Å². The van der Waals surface area contributed by atoms with E-state index in [1.165, 1.54) is 23.7 Å². The predicted octanol–water partition coefficient (Wildman–Crippen LogP) is 5.48. The van der Waals surface area contributed by atoms with E-state index in [1.807, 2.05) is 24.3 Å². The van der Waals surface area contributed by atoms with Gasteiger partial charge in [0.2, 0.25) is 0 Å². The summed E-state index contributed by atoms with van der Waals surface area (Å²) in [5, 5.41) is 4.26. The molecule has 6 heteroatoms. The highest BCUT2D eigenvalue weighted by Crippen LogP contribution is 2.37. The third-order valence-electron chi connectivity index (χ3n) is 4.38. The van der Waals surface area contributed by atoms with Crippen LogP contribution >= 0.6 is 11.3 Å². The largest absolute Gasteiger partial charge is 0.363 e. The molecule has 0 radical (unpaired) electrons. The standard InChI is InChI=1S/C21H16FN3OS/c1-13(15-5-3-2-4-6-15)25-20-17-10-19(27-21(17)24-12-23-20)16-8-7-14(11-26)9-18(16)22/h2-13H,1H3,(H,23,24,25)/t13-/m1/s1. The van der Waals surface area contributed by atoms with Crippen LogP contribution in [0, 0.1) is 5.82 Å². The monoisotopic (exact) mass is 377 g/mol. The highest BCUT2D eigenvalue weighted by atomic mass is 32.1. The summed E-state index contributed by atoms with van der Waals surface area (Å²) in [6.07, 6.45) is 2.14. The van der Waals surface area contributed by atoms with E-state index in [1.54, 1.807) is 12.1 Å². The minimum atomic E-state index is -0.425. The maximum Gasteiger partial charge on any atom is 0.150 e. The molecule has 2 aromatic heterocycles. The Balaban J connectivity index is 1.71. The molecular weight excluding hydrogens is 361 g/mol. The van der Waals surface area contributed by atoms with Crippen molar-refractivity contribution in [3.8, 4) is 10.4 Å². The Morgan fingerprint density at radius 3 is 2.67 bits per heavy atom. The Labute approximate surface area is 159 Å². The molecule has 27 heavy (non-hydrogen) atoms. The third kappa shape index (κ3) is 3.44. The number of aromatic nitrogens is 2. The van der Waals surface area contributed by atoms with E-state index < -0.39 is 5.82 Å². The summed E-state index contributed by atoms with van der Waals surface area (Å²) in [4.78, 5) is 21.0. The Bertz CT molecular complexity index is 1110. The minimum absolute atomic E-state index is 0.0660. The highest BCUT2D eigenvalue weighted by Gasteiger charge is 2.15. The van der Waals surface area contributed by atoms with Crippen LogP contribution in [0.25, 0.3) is 20.7 Å². The van der Waals surface area contributed by atoms with Crippen LogP contribution in [0.15, 0.2) is 60.9 Å². The number of halogens is 1. The number of nitrogens with zero attached hydrogens (tertiary/aromatic N) is 2. The third-order valence-corrected chi connectivity index (χ3v) is 5.45. The predicted molar refractivity (Wildman–Crippen MR) is 107 cm³/mol. The van der Waals surface area contributed by atoms with E-state index in [-0.39, 0.29) is 6.04 Å². The van der Waals surface area contributed by atoms with E-state index in [0.29, 0.717) is 23.2 Å². The van der Waals surface area contributed by atoms with E-state index in [2.05, 4.69) is 34.3 Å². The molecule has 0 spiro atoms.